The van der Waals surface area contributed by atoms with Crippen LogP contribution in [0.3, 0.4) is 0 Å². The van der Waals surface area contributed by atoms with Crippen LogP contribution in [0.15, 0.2) is 11.0 Å². The second-order valence-electron chi connectivity index (χ2n) is 0.653. The van der Waals surface area contributed by atoms with Crippen LogP contribution in [0.4, 0.5) is 0 Å². The normalized spacial score (nSPS) is 9.83. The van der Waals surface area contributed by atoms with Gasteiger partial charge in [-0.15, -0.1) is 31.5 Å². The van der Waals surface area contributed by atoms with E-state index < -0.39 is 0 Å². The highest BCUT2D eigenvalue weighted by atomic mass is 79.9. The van der Waals surface area contributed by atoms with Crippen molar-refractivity contribution in [3.63, 3.8) is 0 Å². The summed E-state index contributed by atoms with van der Waals surface area (Å²) in [4.78, 5) is 1.79. The van der Waals surface area contributed by atoms with E-state index in [-0.39, 0.29) is 0 Å². The van der Waals surface area contributed by atoms with Crippen LogP contribution < -0.4 is 0 Å². The van der Waals surface area contributed by atoms with E-state index in [0.29, 0.717) is 4.36 Å². The predicted molar refractivity (Wildman–Crippen MR) is 41.7 cm³/mol. The van der Waals surface area contributed by atoms with Crippen LogP contribution >= 0.6 is 47.4 Å². The Morgan fingerprint density at radius 2 is 1.83 bits per heavy atom. The average molecular weight is 277 g/mol. The Bertz CT molecular complexity index is 50.8. The summed E-state index contributed by atoms with van der Waals surface area (Å²) in [5.74, 6) is 1.92. The minimum Gasteiger partial charge on any atom is -0.133 e. The van der Waals surface area contributed by atoms with Crippen LogP contribution in [0.2, 0.25) is 0 Å². The van der Waals surface area contributed by atoms with E-state index in [2.05, 4.69) is 47.4 Å². The standard InChI is InChI=1S/C2H2BBr3/c4-2-1-3(5)6/h1-2H. The van der Waals surface area contributed by atoms with Gasteiger partial charge in [-0.05, 0) is 4.99 Å². The minimum atomic E-state index is 0.296. The summed E-state index contributed by atoms with van der Waals surface area (Å²) in [6.45, 7) is 0. The zero-order chi connectivity index (χ0) is 4.99. The molecule has 0 aliphatic carbocycles. The third kappa shape index (κ3) is 5.24. The van der Waals surface area contributed by atoms with Gasteiger partial charge in [-0.25, -0.2) is 0 Å². The fourth-order valence-electron chi connectivity index (χ4n) is 0.0550. The van der Waals surface area contributed by atoms with Gasteiger partial charge in [0.25, 0.3) is 0 Å². The number of hydrogen-bond acceptors (Lipinski definition) is 0. The molecule has 0 aromatic carbocycles. The first-order valence-corrected chi connectivity index (χ1v) is 4.07. The molecule has 0 amide bonds. The molecule has 6 heavy (non-hydrogen) atoms. The molecule has 0 saturated carbocycles. The van der Waals surface area contributed by atoms with Crippen molar-refractivity contribution >= 4 is 51.8 Å². The monoisotopic (exact) mass is 274 g/mol. The average Bonchev–Trinajstić information content (AvgIpc) is 1.35. The van der Waals surface area contributed by atoms with E-state index in [9.17, 15) is 0 Å². The van der Waals surface area contributed by atoms with Gasteiger partial charge in [-0.3, -0.25) is 0 Å². The highest BCUT2D eigenvalue weighted by molar-refractivity contribution is 9.49. The van der Waals surface area contributed by atoms with Crippen molar-refractivity contribution in [2.75, 3.05) is 0 Å². The third-order valence-corrected chi connectivity index (χ3v) is 1.13. The van der Waals surface area contributed by atoms with Crippen LogP contribution in [-0.4, -0.2) is 4.36 Å². The Morgan fingerprint density at radius 3 is 1.83 bits per heavy atom. The molecule has 0 heterocycles. The summed E-state index contributed by atoms with van der Waals surface area (Å²) in [6, 6.07) is 0. The molecule has 0 bridgehead atoms. The molecular formula is C2H2BBr3. The van der Waals surface area contributed by atoms with Crippen molar-refractivity contribution in [3.05, 3.63) is 11.0 Å². The van der Waals surface area contributed by atoms with Crippen molar-refractivity contribution in [3.8, 4) is 0 Å². The fourth-order valence-corrected chi connectivity index (χ4v) is 1.48. The molecule has 0 saturated heterocycles. The van der Waals surface area contributed by atoms with Gasteiger partial charge in [-0.1, -0.05) is 21.9 Å². The molecule has 0 unspecified atom stereocenters. The molecule has 0 spiro atoms. The van der Waals surface area contributed by atoms with Crippen molar-refractivity contribution < 1.29 is 0 Å². The first-order valence-electron chi connectivity index (χ1n) is 1.32. The third-order valence-electron chi connectivity index (χ3n) is 0.218. The first-order chi connectivity index (χ1) is 2.77. The summed E-state index contributed by atoms with van der Waals surface area (Å²) in [5, 5.41) is 0. The molecule has 0 aromatic rings. The zero-order valence-electron chi connectivity index (χ0n) is 2.87. The van der Waals surface area contributed by atoms with Gasteiger partial charge in [0, 0.05) is 0 Å². The summed E-state index contributed by atoms with van der Waals surface area (Å²) in [5.41, 5.74) is 0. The van der Waals surface area contributed by atoms with Crippen molar-refractivity contribution in [2.24, 2.45) is 0 Å². The maximum atomic E-state index is 3.23. The van der Waals surface area contributed by atoms with E-state index in [1.807, 2.05) is 5.98 Å². The predicted octanol–water partition coefficient (Wildman–Crippen LogP) is 2.71. The van der Waals surface area contributed by atoms with Gasteiger partial charge in [0.1, 0.15) is 0 Å². The van der Waals surface area contributed by atoms with Gasteiger partial charge < -0.3 is 0 Å². The molecule has 0 aliphatic rings. The summed E-state index contributed by atoms with van der Waals surface area (Å²) >= 11 is 9.58. The summed E-state index contributed by atoms with van der Waals surface area (Å²) in [7, 11) is 0. The van der Waals surface area contributed by atoms with Crippen LogP contribution in [0, 0.1) is 0 Å². The van der Waals surface area contributed by atoms with E-state index in [0.717, 1.165) is 0 Å². The molecule has 34 valence electrons. The second-order valence-corrected chi connectivity index (χ2v) is 4.38. The molecule has 0 aliphatic heterocycles. The molecule has 0 N–H and O–H groups in total. The van der Waals surface area contributed by atoms with E-state index in [1.165, 1.54) is 0 Å². The summed E-state index contributed by atoms with van der Waals surface area (Å²) < 4.78 is 0.296. The lowest BCUT2D eigenvalue weighted by Crippen LogP contribution is -1.77. The van der Waals surface area contributed by atoms with Gasteiger partial charge in [-0.2, -0.15) is 0 Å². The largest absolute Gasteiger partial charge is 0.322 e. The molecule has 0 radical (unpaired) electrons. The second kappa shape index (κ2) is 4.41. The van der Waals surface area contributed by atoms with Crippen LogP contribution in [0.1, 0.15) is 0 Å². The molecule has 0 aromatic heterocycles. The minimum absolute atomic E-state index is 0.296. The zero-order valence-corrected chi connectivity index (χ0v) is 7.62. The molecule has 4 heteroatoms. The Hall–Kier alpha value is 1.24. The van der Waals surface area contributed by atoms with Gasteiger partial charge in [0.15, 0.2) is 0 Å². The SMILES string of the molecule is BrC=CB(Br)Br. The first kappa shape index (κ1) is 7.24. The Balaban J connectivity index is 3.03. The highest BCUT2D eigenvalue weighted by Gasteiger charge is 1.91. The van der Waals surface area contributed by atoms with E-state index >= 15 is 0 Å². The van der Waals surface area contributed by atoms with Crippen LogP contribution in [0.25, 0.3) is 0 Å². The lowest BCUT2D eigenvalue weighted by atomic mass is 10.2. The topological polar surface area (TPSA) is 0 Å². The Morgan fingerprint density at radius 1 is 1.33 bits per heavy atom. The quantitative estimate of drug-likeness (QED) is 0.646. The molecule has 0 rings (SSSR count). The van der Waals surface area contributed by atoms with Gasteiger partial charge in [0.2, 0.25) is 0 Å². The van der Waals surface area contributed by atoms with Crippen molar-refractivity contribution in [1.82, 2.24) is 0 Å². The molecule has 0 nitrogen and oxygen atoms in total. The Kier molecular flexibility index (Phi) is 5.32. The number of rotatable bonds is 1. The smallest absolute Gasteiger partial charge is 0.133 e. The summed E-state index contributed by atoms with van der Waals surface area (Å²) in [6.07, 6.45) is 0. The van der Waals surface area contributed by atoms with E-state index in [1.54, 1.807) is 4.99 Å². The maximum absolute atomic E-state index is 3.23. The number of hydrogen-bond donors (Lipinski definition) is 0. The van der Waals surface area contributed by atoms with E-state index in [4.69, 9.17) is 0 Å². The number of halogens is 3. The van der Waals surface area contributed by atoms with Gasteiger partial charge >= 0.3 is 4.36 Å². The fraction of sp³-hybridized carbons (Fsp3) is 0. The highest BCUT2D eigenvalue weighted by Crippen LogP contribution is 2.03. The lowest BCUT2D eigenvalue weighted by molar-refractivity contribution is 2.55. The molecule has 0 atom stereocenters. The van der Waals surface area contributed by atoms with Crippen LogP contribution in [0.5, 0.6) is 0 Å². The Labute approximate surface area is 62.5 Å². The van der Waals surface area contributed by atoms with Crippen molar-refractivity contribution in [2.45, 2.75) is 0 Å². The van der Waals surface area contributed by atoms with Crippen LogP contribution in [-0.2, 0) is 0 Å². The van der Waals surface area contributed by atoms with Crippen molar-refractivity contribution in [1.29, 1.82) is 0 Å². The lowest BCUT2D eigenvalue weighted by Gasteiger charge is -1.74. The maximum Gasteiger partial charge on any atom is 0.322 e. The van der Waals surface area contributed by atoms with Gasteiger partial charge in [0.05, 0.1) is 0 Å². The molecular weight excluding hydrogens is 275 g/mol. The molecule has 0 fully saturated rings.